The maximum atomic E-state index is 5.81. The molecule has 2 heterocycles. The molecule has 3 aromatic rings. The molecule has 0 spiro atoms. The van der Waals surface area contributed by atoms with Crippen molar-refractivity contribution in [3.63, 3.8) is 0 Å². The molecule has 1 aliphatic rings. The number of anilines is 1. The zero-order valence-corrected chi connectivity index (χ0v) is 14.0. The highest BCUT2D eigenvalue weighted by molar-refractivity contribution is 5.94. The molecule has 0 saturated heterocycles. The Balaban J connectivity index is 1.66. The van der Waals surface area contributed by atoms with E-state index in [0.717, 1.165) is 46.2 Å². The summed E-state index contributed by atoms with van der Waals surface area (Å²) in [5.41, 5.74) is 2.98. The molecule has 0 unspecified atom stereocenters. The van der Waals surface area contributed by atoms with E-state index in [9.17, 15) is 0 Å². The van der Waals surface area contributed by atoms with E-state index < -0.39 is 0 Å². The smallest absolute Gasteiger partial charge is 0.126 e. The van der Waals surface area contributed by atoms with Gasteiger partial charge in [0.05, 0.1) is 11.6 Å². The molecule has 0 radical (unpaired) electrons. The standard InChI is InChI=1S/C19H22N4O/c1-12(2)24-15-5-6-17-16(10-15)19(23-22-17)14-7-8-20-18(9-14)21-11-13-3-4-13/h5-10,12-13H,3-4,11H2,1-2H3,(H,20,21)(H,22,23). The summed E-state index contributed by atoms with van der Waals surface area (Å²) in [6, 6.07) is 10.1. The van der Waals surface area contributed by atoms with E-state index in [0.29, 0.717) is 0 Å². The molecule has 1 aromatic carbocycles. The van der Waals surface area contributed by atoms with Crippen LogP contribution in [-0.2, 0) is 0 Å². The first-order valence-electron chi connectivity index (χ1n) is 8.54. The number of nitrogens with zero attached hydrogens (tertiary/aromatic N) is 2. The van der Waals surface area contributed by atoms with Crippen LogP contribution in [0.2, 0.25) is 0 Å². The third-order valence-electron chi connectivity index (χ3n) is 4.21. The van der Waals surface area contributed by atoms with Gasteiger partial charge in [-0.05, 0) is 62.9 Å². The topological polar surface area (TPSA) is 62.8 Å². The van der Waals surface area contributed by atoms with Crippen molar-refractivity contribution in [1.29, 1.82) is 0 Å². The molecule has 1 fully saturated rings. The molecule has 4 rings (SSSR count). The number of aromatic nitrogens is 3. The monoisotopic (exact) mass is 322 g/mol. The summed E-state index contributed by atoms with van der Waals surface area (Å²) < 4.78 is 5.81. The summed E-state index contributed by atoms with van der Waals surface area (Å²) in [4.78, 5) is 4.41. The second-order valence-corrected chi connectivity index (χ2v) is 6.70. The number of nitrogens with one attached hydrogen (secondary N) is 2. The highest BCUT2D eigenvalue weighted by Gasteiger charge is 2.20. The van der Waals surface area contributed by atoms with Crippen LogP contribution in [-0.4, -0.2) is 27.8 Å². The molecule has 24 heavy (non-hydrogen) atoms. The Labute approximate surface area is 141 Å². The normalized spacial score (nSPS) is 14.3. The maximum absolute atomic E-state index is 5.81. The highest BCUT2D eigenvalue weighted by Crippen LogP contribution is 2.31. The van der Waals surface area contributed by atoms with E-state index in [1.165, 1.54) is 12.8 Å². The molecule has 124 valence electrons. The van der Waals surface area contributed by atoms with Crippen molar-refractivity contribution in [1.82, 2.24) is 15.2 Å². The van der Waals surface area contributed by atoms with Crippen LogP contribution in [0.5, 0.6) is 5.75 Å². The van der Waals surface area contributed by atoms with E-state index in [2.05, 4.69) is 26.6 Å². The first-order chi connectivity index (χ1) is 11.7. The number of hydrogen-bond donors (Lipinski definition) is 2. The van der Waals surface area contributed by atoms with Crippen LogP contribution >= 0.6 is 0 Å². The third kappa shape index (κ3) is 3.20. The van der Waals surface area contributed by atoms with Crippen LogP contribution in [0.4, 0.5) is 5.82 Å². The van der Waals surface area contributed by atoms with E-state index in [1.54, 1.807) is 0 Å². The van der Waals surface area contributed by atoms with Crippen molar-refractivity contribution in [2.45, 2.75) is 32.8 Å². The molecule has 2 N–H and O–H groups in total. The Morgan fingerprint density at radius 1 is 1.25 bits per heavy atom. The molecule has 0 amide bonds. The fraction of sp³-hybridized carbons (Fsp3) is 0.368. The number of fused-ring (bicyclic) bond motifs is 1. The second-order valence-electron chi connectivity index (χ2n) is 6.70. The van der Waals surface area contributed by atoms with Gasteiger partial charge in [0.25, 0.3) is 0 Å². The predicted octanol–water partition coefficient (Wildman–Crippen LogP) is 4.23. The van der Waals surface area contributed by atoms with Crippen molar-refractivity contribution >= 4 is 16.7 Å². The fourth-order valence-electron chi connectivity index (χ4n) is 2.80. The van der Waals surface area contributed by atoms with Gasteiger partial charge in [-0.3, -0.25) is 5.10 Å². The molecule has 5 nitrogen and oxygen atoms in total. The molecule has 1 saturated carbocycles. The molecule has 0 aliphatic heterocycles. The lowest BCUT2D eigenvalue weighted by Crippen LogP contribution is -2.05. The predicted molar refractivity (Wildman–Crippen MR) is 96.3 cm³/mol. The Kier molecular flexibility index (Phi) is 3.84. The Morgan fingerprint density at radius 3 is 2.92 bits per heavy atom. The van der Waals surface area contributed by atoms with Crippen molar-refractivity contribution in [3.05, 3.63) is 36.5 Å². The summed E-state index contributed by atoms with van der Waals surface area (Å²) in [5, 5.41) is 12.1. The number of hydrogen-bond acceptors (Lipinski definition) is 4. The first-order valence-corrected chi connectivity index (χ1v) is 8.54. The zero-order chi connectivity index (χ0) is 16.5. The second kappa shape index (κ2) is 6.15. The van der Waals surface area contributed by atoms with E-state index >= 15 is 0 Å². The average Bonchev–Trinajstić information content (AvgIpc) is 3.31. The quantitative estimate of drug-likeness (QED) is 0.713. The lowest BCUT2D eigenvalue weighted by atomic mass is 10.1. The van der Waals surface area contributed by atoms with E-state index in [-0.39, 0.29) is 6.10 Å². The summed E-state index contributed by atoms with van der Waals surface area (Å²) in [6.45, 7) is 5.06. The van der Waals surface area contributed by atoms with Gasteiger partial charge in [-0.1, -0.05) is 0 Å². The van der Waals surface area contributed by atoms with Gasteiger partial charge in [0.2, 0.25) is 0 Å². The molecule has 0 atom stereocenters. The van der Waals surface area contributed by atoms with Crippen molar-refractivity contribution in [3.8, 4) is 17.0 Å². The number of benzene rings is 1. The minimum Gasteiger partial charge on any atom is -0.491 e. The summed E-state index contributed by atoms with van der Waals surface area (Å²) >= 11 is 0. The zero-order valence-electron chi connectivity index (χ0n) is 14.0. The number of ether oxygens (including phenoxy) is 1. The molecular formula is C19H22N4O. The Bertz CT molecular complexity index is 851. The van der Waals surface area contributed by atoms with Gasteiger partial charge in [-0.25, -0.2) is 4.98 Å². The Morgan fingerprint density at radius 2 is 2.12 bits per heavy atom. The van der Waals surface area contributed by atoms with Gasteiger partial charge >= 0.3 is 0 Å². The van der Waals surface area contributed by atoms with Gasteiger partial charge in [-0.2, -0.15) is 5.10 Å². The van der Waals surface area contributed by atoms with Crippen molar-refractivity contribution in [2.75, 3.05) is 11.9 Å². The molecule has 2 aromatic heterocycles. The van der Waals surface area contributed by atoms with E-state index in [1.807, 2.05) is 44.3 Å². The van der Waals surface area contributed by atoms with Crippen LogP contribution in [0.1, 0.15) is 26.7 Å². The third-order valence-corrected chi connectivity index (χ3v) is 4.21. The lowest BCUT2D eigenvalue weighted by molar-refractivity contribution is 0.243. The van der Waals surface area contributed by atoms with Crippen LogP contribution in [0.15, 0.2) is 36.5 Å². The van der Waals surface area contributed by atoms with Crippen molar-refractivity contribution < 1.29 is 4.74 Å². The van der Waals surface area contributed by atoms with E-state index in [4.69, 9.17) is 4.74 Å². The number of rotatable bonds is 6. The van der Waals surface area contributed by atoms with Crippen LogP contribution in [0, 0.1) is 5.92 Å². The minimum absolute atomic E-state index is 0.150. The molecule has 5 heteroatoms. The highest BCUT2D eigenvalue weighted by atomic mass is 16.5. The minimum atomic E-state index is 0.150. The fourth-order valence-corrected chi connectivity index (χ4v) is 2.80. The van der Waals surface area contributed by atoms with Crippen molar-refractivity contribution in [2.24, 2.45) is 5.92 Å². The van der Waals surface area contributed by atoms with Crippen LogP contribution in [0.25, 0.3) is 22.2 Å². The summed E-state index contributed by atoms with van der Waals surface area (Å²) in [7, 11) is 0. The summed E-state index contributed by atoms with van der Waals surface area (Å²) in [5.74, 6) is 2.59. The number of H-pyrrole nitrogens is 1. The largest absolute Gasteiger partial charge is 0.491 e. The molecular weight excluding hydrogens is 300 g/mol. The van der Waals surface area contributed by atoms with Crippen LogP contribution in [0.3, 0.4) is 0 Å². The SMILES string of the molecule is CC(C)Oc1ccc2[nH]nc(-c3ccnc(NCC4CC4)c3)c2c1. The number of aromatic amines is 1. The van der Waals surface area contributed by atoms with Gasteiger partial charge in [0.1, 0.15) is 17.3 Å². The first kappa shape index (κ1) is 15.0. The van der Waals surface area contributed by atoms with Crippen LogP contribution < -0.4 is 10.1 Å². The molecule has 0 bridgehead atoms. The Hall–Kier alpha value is -2.56. The van der Waals surface area contributed by atoms with Gasteiger partial charge in [-0.15, -0.1) is 0 Å². The summed E-state index contributed by atoms with van der Waals surface area (Å²) in [6.07, 6.45) is 4.64. The maximum Gasteiger partial charge on any atom is 0.126 e. The molecule has 1 aliphatic carbocycles. The van der Waals surface area contributed by atoms with Gasteiger partial charge in [0.15, 0.2) is 0 Å². The number of pyridine rings is 1. The lowest BCUT2D eigenvalue weighted by Gasteiger charge is -2.09. The van der Waals surface area contributed by atoms with Gasteiger partial charge in [0, 0.05) is 23.7 Å². The van der Waals surface area contributed by atoms with Gasteiger partial charge < -0.3 is 10.1 Å². The average molecular weight is 322 g/mol.